The minimum absolute atomic E-state index is 0.243. The van der Waals surface area contributed by atoms with Crippen LogP contribution >= 0.6 is 22.9 Å². The lowest BCUT2D eigenvalue weighted by Gasteiger charge is -2.12. The zero-order valence-corrected chi connectivity index (χ0v) is 13.9. The number of rotatable bonds is 5. The van der Waals surface area contributed by atoms with Gasteiger partial charge in [0.15, 0.2) is 0 Å². The van der Waals surface area contributed by atoms with Gasteiger partial charge in [-0.15, -0.1) is 11.3 Å². The number of thiophene rings is 1. The number of nitrogens with zero attached hydrogens (tertiary/aromatic N) is 2. The van der Waals surface area contributed by atoms with Gasteiger partial charge in [-0.3, -0.25) is 4.68 Å². The molecule has 0 saturated heterocycles. The largest absolute Gasteiger partial charge is 0.388 e. The molecule has 110 valence electrons. The molecule has 0 aliphatic carbocycles. The average Bonchev–Trinajstić information content (AvgIpc) is 2.95. The molecule has 1 unspecified atom stereocenters. The van der Waals surface area contributed by atoms with E-state index >= 15 is 0 Å². The van der Waals surface area contributed by atoms with Crippen molar-refractivity contribution in [3.63, 3.8) is 0 Å². The number of aryl methyl sites for hydroxylation is 2. The molecular weight excluding hydrogens is 292 g/mol. The van der Waals surface area contributed by atoms with Crippen molar-refractivity contribution < 1.29 is 5.11 Å². The predicted octanol–water partition coefficient (Wildman–Crippen LogP) is 4.10. The second-order valence-corrected chi connectivity index (χ2v) is 6.92. The molecule has 0 amide bonds. The van der Waals surface area contributed by atoms with Gasteiger partial charge < -0.3 is 5.11 Å². The van der Waals surface area contributed by atoms with Crippen LogP contribution in [0.4, 0.5) is 0 Å². The van der Waals surface area contributed by atoms with Gasteiger partial charge in [0.1, 0.15) is 5.15 Å². The molecular formula is C15H21ClN2OS. The van der Waals surface area contributed by atoms with E-state index in [1.54, 1.807) is 16.0 Å². The van der Waals surface area contributed by atoms with Gasteiger partial charge in [0.25, 0.3) is 0 Å². The first-order chi connectivity index (χ1) is 9.43. The highest BCUT2D eigenvalue weighted by atomic mass is 35.5. The molecule has 20 heavy (non-hydrogen) atoms. The monoisotopic (exact) mass is 312 g/mol. The van der Waals surface area contributed by atoms with Crippen LogP contribution in [0, 0.1) is 0 Å². The van der Waals surface area contributed by atoms with Crippen molar-refractivity contribution in [2.75, 3.05) is 0 Å². The topological polar surface area (TPSA) is 38.1 Å². The third-order valence-corrected chi connectivity index (χ3v) is 5.08. The van der Waals surface area contributed by atoms with Crippen molar-refractivity contribution in [1.29, 1.82) is 0 Å². The minimum Gasteiger partial charge on any atom is -0.388 e. The molecule has 2 heterocycles. The number of aromatic nitrogens is 2. The fraction of sp³-hybridized carbons (Fsp3) is 0.533. The first kappa shape index (κ1) is 15.5. The van der Waals surface area contributed by atoms with E-state index < -0.39 is 6.10 Å². The van der Waals surface area contributed by atoms with Gasteiger partial charge in [-0.05, 0) is 24.5 Å². The second-order valence-electron chi connectivity index (χ2n) is 5.31. The Morgan fingerprint density at radius 2 is 2.00 bits per heavy atom. The van der Waals surface area contributed by atoms with E-state index in [4.69, 9.17) is 11.6 Å². The number of aliphatic hydroxyl groups excluding tert-OH is 1. The highest BCUT2D eigenvalue weighted by Crippen LogP contribution is 2.33. The maximum Gasteiger partial charge on any atom is 0.132 e. The lowest BCUT2D eigenvalue weighted by molar-refractivity contribution is 0.178. The van der Waals surface area contributed by atoms with Crippen LogP contribution in [-0.4, -0.2) is 14.9 Å². The summed E-state index contributed by atoms with van der Waals surface area (Å²) >= 11 is 8.05. The molecule has 2 aromatic heterocycles. The van der Waals surface area contributed by atoms with Crippen molar-refractivity contribution in [2.45, 2.75) is 45.6 Å². The third-order valence-electron chi connectivity index (χ3n) is 3.38. The molecule has 1 N–H and O–H groups in total. The smallest absolute Gasteiger partial charge is 0.132 e. The summed E-state index contributed by atoms with van der Waals surface area (Å²) in [5, 5.41) is 15.5. The van der Waals surface area contributed by atoms with Gasteiger partial charge in [-0.25, -0.2) is 0 Å². The van der Waals surface area contributed by atoms with Gasteiger partial charge in [-0.2, -0.15) is 5.10 Å². The number of aliphatic hydroxyl groups is 1. The van der Waals surface area contributed by atoms with Gasteiger partial charge in [0, 0.05) is 28.8 Å². The highest BCUT2D eigenvalue weighted by Gasteiger charge is 2.24. The zero-order valence-electron chi connectivity index (χ0n) is 12.4. The SMILES string of the molecule is CCc1ccc(CC(O)c2c(C(C)C)nn(C)c2Cl)s1. The maximum atomic E-state index is 10.5. The lowest BCUT2D eigenvalue weighted by Crippen LogP contribution is -2.04. The lowest BCUT2D eigenvalue weighted by atomic mass is 10.00. The summed E-state index contributed by atoms with van der Waals surface area (Å²) in [6.45, 7) is 6.27. The summed E-state index contributed by atoms with van der Waals surface area (Å²) in [4.78, 5) is 2.53. The van der Waals surface area contributed by atoms with Crippen molar-refractivity contribution in [3.05, 3.63) is 38.3 Å². The molecule has 3 nitrogen and oxygen atoms in total. The molecule has 2 rings (SSSR count). The first-order valence-corrected chi connectivity index (χ1v) is 8.11. The summed E-state index contributed by atoms with van der Waals surface area (Å²) in [5.41, 5.74) is 1.66. The van der Waals surface area contributed by atoms with Crippen LogP contribution < -0.4 is 0 Å². The number of halogens is 1. The molecule has 0 aromatic carbocycles. The predicted molar refractivity (Wildman–Crippen MR) is 84.7 cm³/mol. The van der Waals surface area contributed by atoms with Gasteiger partial charge in [0.05, 0.1) is 11.8 Å². The van der Waals surface area contributed by atoms with Gasteiger partial charge in [0.2, 0.25) is 0 Å². The quantitative estimate of drug-likeness (QED) is 0.902. The van der Waals surface area contributed by atoms with E-state index in [-0.39, 0.29) is 5.92 Å². The van der Waals surface area contributed by atoms with Crippen LogP contribution in [0.2, 0.25) is 5.15 Å². The van der Waals surface area contributed by atoms with E-state index in [9.17, 15) is 5.11 Å². The fourth-order valence-electron chi connectivity index (χ4n) is 2.29. The van der Waals surface area contributed by atoms with E-state index in [0.717, 1.165) is 17.7 Å². The van der Waals surface area contributed by atoms with Crippen molar-refractivity contribution >= 4 is 22.9 Å². The Hall–Kier alpha value is -0.840. The van der Waals surface area contributed by atoms with Crippen LogP contribution in [0.3, 0.4) is 0 Å². The van der Waals surface area contributed by atoms with Crippen LogP contribution in [0.1, 0.15) is 53.8 Å². The maximum absolute atomic E-state index is 10.5. The summed E-state index contributed by atoms with van der Waals surface area (Å²) < 4.78 is 1.64. The Morgan fingerprint density at radius 1 is 1.35 bits per heavy atom. The van der Waals surface area contributed by atoms with Crippen molar-refractivity contribution in [2.24, 2.45) is 7.05 Å². The van der Waals surface area contributed by atoms with Crippen LogP contribution in [0.5, 0.6) is 0 Å². The Morgan fingerprint density at radius 3 is 2.55 bits per heavy atom. The Bertz CT molecular complexity index is 589. The Balaban J connectivity index is 2.26. The summed E-state index contributed by atoms with van der Waals surface area (Å²) in [7, 11) is 1.81. The average molecular weight is 313 g/mol. The molecule has 0 radical (unpaired) electrons. The Labute approximate surface area is 129 Å². The fourth-order valence-corrected chi connectivity index (χ4v) is 3.54. The zero-order chi connectivity index (χ0) is 14.9. The molecule has 0 fully saturated rings. The summed E-state index contributed by atoms with van der Waals surface area (Å²) in [6, 6.07) is 4.22. The molecule has 0 aliphatic rings. The molecule has 1 atom stereocenters. The van der Waals surface area contributed by atoms with E-state index in [0.29, 0.717) is 11.6 Å². The van der Waals surface area contributed by atoms with Crippen molar-refractivity contribution in [3.8, 4) is 0 Å². The third kappa shape index (κ3) is 3.08. The van der Waals surface area contributed by atoms with Crippen LogP contribution in [0.15, 0.2) is 12.1 Å². The minimum atomic E-state index is -0.600. The van der Waals surface area contributed by atoms with Crippen LogP contribution in [0.25, 0.3) is 0 Å². The molecule has 0 aliphatic heterocycles. The normalized spacial score (nSPS) is 13.2. The summed E-state index contributed by atoms with van der Waals surface area (Å²) in [6.07, 6.45) is 1.03. The summed E-state index contributed by atoms with van der Waals surface area (Å²) in [5.74, 6) is 0.243. The van der Waals surface area contributed by atoms with Crippen LogP contribution in [-0.2, 0) is 19.9 Å². The molecule has 0 bridgehead atoms. The van der Waals surface area contributed by atoms with Crippen molar-refractivity contribution in [1.82, 2.24) is 9.78 Å². The standard InChI is InChI=1S/C15H21ClN2OS/c1-5-10-6-7-11(20-10)8-12(19)13-14(9(2)3)17-18(4)15(13)16/h6-7,9,12,19H,5,8H2,1-4H3. The number of hydrogen-bond acceptors (Lipinski definition) is 3. The molecule has 2 aromatic rings. The first-order valence-electron chi connectivity index (χ1n) is 6.92. The van der Waals surface area contributed by atoms with E-state index in [1.165, 1.54) is 9.75 Å². The van der Waals surface area contributed by atoms with E-state index in [1.807, 2.05) is 7.05 Å². The highest BCUT2D eigenvalue weighted by molar-refractivity contribution is 7.11. The van der Waals surface area contributed by atoms with Gasteiger partial charge in [-0.1, -0.05) is 32.4 Å². The molecule has 0 spiro atoms. The molecule has 5 heteroatoms. The molecule has 0 saturated carbocycles. The van der Waals surface area contributed by atoms with Gasteiger partial charge >= 0.3 is 0 Å². The Kier molecular flexibility index (Phi) is 4.89. The number of hydrogen-bond donors (Lipinski definition) is 1. The second kappa shape index (κ2) is 6.29. The van der Waals surface area contributed by atoms with E-state index in [2.05, 4.69) is 38.0 Å².